The van der Waals surface area contributed by atoms with Crippen molar-refractivity contribution in [1.82, 2.24) is 15.1 Å². The van der Waals surface area contributed by atoms with Crippen molar-refractivity contribution in [2.75, 3.05) is 6.54 Å². The van der Waals surface area contributed by atoms with E-state index in [4.69, 9.17) is 10.3 Å². The quantitative estimate of drug-likeness (QED) is 0.938. The van der Waals surface area contributed by atoms with Gasteiger partial charge in [-0.05, 0) is 64.1 Å². The highest BCUT2D eigenvalue weighted by Crippen LogP contribution is 2.35. The summed E-state index contributed by atoms with van der Waals surface area (Å²) in [5, 5.41) is 4.14. The van der Waals surface area contributed by atoms with Gasteiger partial charge in [0, 0.05) is 22.9 Å². The summed E-state index contributed by atoms with van der Waals surface area (Å²) in [6.07, 6.45) is 4.51. The largest absolute Gasteiger partial charge is 0.339 e. The molecule has 0 aromatic carbocycles. The zero-order valence-electron chi connectivity index (χ0n) is 12.7. The van der Waals surface area contributed by atoms with Crippen molar-refractivity contribution in [2.24, 2.45) is 11.7 Å². The molecule has 2 heterocycles. The Morgan fingerprint density at radius 2 is 1.76 bits per heavy atom. The lowest BCUT2D eigenvalue weighted by atomic mass is 9.82. The highest BCUT2D eigenvalue weighted by Gasteiger charge is 2.26. The van der Waals surface area contributed by atoms with E-state index in [0.29, 0.717) is 17.7 Å². The van der Waals surface area contributed by atoms with Crippen LogP contribution in [0.2, 0.25) is 0 Å². The molecule has 112 valence electrons. The number of aromatic nitrogens is 3. The lowest BCUT2D eigenvalue weighted by Gasteiger charge is -2.24. The molecule has 2 aromatic heterocycles. The number of aryl methyl sites for hydroxylation is 2. The Morgan fingerprint density at radius 1 is 1.10 bits per heavy atom. The minimum absolute atomic E-state index is 0.387. The van der Waals surface area contributed by atoms with Crippen LogP contribution in [0.1, 0.15) is 48.9 Å². The Labute approximate surface area is 125 Å². The summed E-state index contributed by atoms with van der Waals surface area (Å²) in [5.41, 5.74) is 8.66. The molecule has 0 bridgehead atoms. The van der Waals surface area contributed by atoms with E-state index in [9.17, 15) is 0 Å². The van der Waals surface area contributed by atoms with Gasteiger partial charge in [0.1, 0.15) is 0 Å². The molecular weight excluding hydrogens is 264 g/mol. The molecule has 5 nitrogen and oxygen atoms in total. The van der Waals surface area contributed by atoms with Crippen molar-refractivity contribution in [3.63, 3.8) is 0 Å². The van der Waals surface area contributed by atoms with E-state index < -0.39 is 0 Å². The van der Waals surface area contributed by atoms with E-state index in [1.165, 1.54) is 0 Å². The first kappa shape index (κ1) is 14.2. The number of nitrogens with two attached hydrogens (primary N) is 1. The maximum absolute atomic E-state index is 5.74. The van der Waals surface area contributed by atoms with Crippen molar-refractivity contribution in [1.29, 1.82) is 0 Å². The van der Waals surface area contributed by atoms with Gasteiger partial charge in [0.15, 0.2) is 0 Å². The SMILES string of the molecule is Cc1cc(-c2noc(C3CCC(CN)CC3)n2)cc(C)n1. The molecule has 1 fully saturated rings. The number of hydrogen-bond acceptors (Lipinski definition) is 5. The van der Waals surface area contributed by atoms with Crippen LogP contribution in [0.25, 0.3) is 11.4 Å². The van der Waals surface area contributed by atoms with E-state index >= 15 is 0 Å². The first-order valence-corrected chi connectivity index (χ1v) is 7.65. The lowest BCUT2D eigenvalue weighted by molar-refractivity contribution is 0.275. The molecular formula is C16H22N4O. The smallest absolute Gasteiger partial charge is 0.230 e. The fourth-order valence-electron chi connectivity index (χ4n) is 3.13. The minimum atomic E-state index is 0.387. The van der Waals surface area contributed by atoms with Gasteiger partial charge in [-0.2, -0.15) is 4.98 Å². The van der Waals surface area contributed by atoms with Crippen LogP contribution in [0.3, 0.4) is 0 Å². The zero-order chi connectivity index (χ0) is 14.8. The third kappa shape index (κ3) is 3.13. The van der Waals surface area contributed by atoms with Gasteiger partial charge >= 0.3 is 0 Å². The van der Waals surface area contributed by atoms with Gasteiger partial charge in [0.05, 0.1) is 0 Å². The van der Waals surface area contributed by atoms with Gasteiger partial charge in [0.25, 0.3) is 0 Å². The van der Waals surface area contributed by atoms with Crippen molar-refractivity contribution in [2.45, 2.75) is 45.4 Å². The predicted molar refractivity (Wildman–Crippen MR) is 80.8 cm³/mol. The summed E-state index contributed by atoms with van der Waals surface area (Å²) in [7, 11) is 0. The zero-order valence-corrected chi connectivity index (χ0v) is 12.7. The number of nitrogens with zero attached hydrogens (tertiary/aromatic N) is 3. The Bertz CT molecular complexity index is 594. The number of pyridine rings is 1. The van der Waals surface area contributed by atoms with Gasteiger partial charge in [-0.15, -0.1) is 0 Å². The summed E-state index contributed by atoms with van der Waals surface area (Å²) in [4.78, 5) is 8.98. The lowest BCUT2D eigenvalue weighted by Crippen LogP contribution is -2.20. The minimum Gasteiger partial charge on any atom is -0.339 e. The molecule has 2 N–H and O–H groups in total. The molecule has 3 rings (SSSR count). The molecule has 5 heteroatoms. The van der Waals surface area contributed by atoms with Crippen molar-refractivity contribution >= 4 is 0 Å². The summed E-state index contributed by atoms with van der Waals surface area (Å²) in [6, 6.07) is 3.99. The second-order valence-corrected chi connectivity index (χ2v) is 6.05. The Kier molecular flexibility index (Phi) is 4.01. The summed E-state index contributed by atoms with van der Waals surface area (Å²) >= 11 is 0. The molecule has 1 aliphatic carbocycles. The maximum atomic E-state index is 5.74. The molecule has 21 heavy (non-hydrogen) atoms. The van der Waals surface area contributed by atoms with Gasteiger partial charge in [-0.3, -0.25) is 4.98 Å². The molecule has 0 radical (unpaired) electrons. The Morgan fingerprint density at radius 3 is 2.38 bits per heavy atom. The molecule has 0 spiro atoms. The third-order valence-electron chi connectivity index (χ3n) is 4.31. The predicted octanol–water partition coefficient (Wildman–Crippen LogP) is 2.98. The topological polar surface area (TPSA) is 77.8 Å². The van der Waals surface area contributed by atoms with Crippen molar-refractivity contribution in [3.8, 4) is 11.4 Å². The number of rotatable bonds is 3. The first-order valence-electron chi connectivity index (χ1n) is 7.65. The molecule has 0 aliphatic heterocycles. The van der Waals surface area contributed by atoms with Gasteiger partial charge in [-0.25, -0.2) is 0 Å². The first-order chi connectivity index (χ1) is 10.2. The fraction of sp³-hybridized carbons (Fsp3) is 0.562. The summed E-state index contributed by atoms with van der Waals surface area (Å²) in [6.45, 7) is 4.74. The van der Waals surface area contributed by atoms with Gasteiger partial charge in [-0.1, -0.05) is 5.16 Å². The van der Waals surface area contributed by atoms with Crippen LogP contribution in [0, 0.1) is 19.8 Å². The van der Waals surface area contributed by atoms with E-state index in [-0.39, 0.29) is 0 Å². The fourth-order valence-corrected chi connectivity index (χ4v) is 3.13. The van der Waals surface area contributed by atoms with Crippen LogP contribution in [0.5, 0.6) is 0 Å². The Hall–Kier alpha value is -1.75. The van der Waals surface area contributed by atoms with Gasteiger partial charge < -0.3 is 10.3 Å². The third-order valence-corrected chi connectivity index (χ3v) is 4.31. The Balaban J connectivity index is 1.77. The molecule has 0 unspecified atom stereocenters. The average molecular weight is 286 g/mol. The van der Waals surface area contributed by atoms with E-state index in [0.717, 1.165) is 55.1 Å². The standard InChI is InChI=1S/C16H22N4O/c1-10-7-14(8-11(2)18-10)15-19-16(21-20-15)13-5-3-12(9-17)4-6-13/h7-8,12-13H,3-6,9,17H2,1-2H3. The van der Waals surface area contributed by atoms with Crippen LogP contribution in [0.4, 0.5) is 0 Å². The van der Waals surface area contributed by atoms with E-state index in [1.807, 2.05) is 26.0 Å². The molecule has 2 aromatic rings. The monoisotopic (exact) mass is 286 g/mol. The highest BCUT2D eigenvalue weighted by molar-refractivity contribution is 5.55. The summed E-state index contributed by atoms with van der Waals surface area (Å²) in [5.74, 6) is 2.49. The molecule has 0 saturated heterocycles. The van der Waals surface area contributed by atoms with Crippen LogP contribution < -0.4 is 5.73 Å². The summed E-state index contributed by atoms with van der Waals surface area (Å²) < 4.78 is 5.49. The van der Waals surface area contributed by atoms with Crippen LogP contribution in [-0.4, -0.2) is 21.7 Å². The van der Waals surface area contributed by atoms with Crippen LogP contribution >= 0.6 is 0 Å². The van der Waals surface area contributed by atoms with E-state index in [2.05, 4.69) is 15.1 Å². The normalized spacial score (nSPS) is 22.4. The van der Waals surface area contributed by atoms with Crippen LogP contribution in [-0.2, 0) is 0 Å². The number of hydrogen-bond donors (Lipinski definition) is 1. The molecule has 0 atom stereocenters. The molecule has 0 amide bonds. The molecule has 1 saturated carbocycles. The van der Waals surface area contributed by atoms with Crippen molar-refractivity contribution in [3.05, 3.63) is 29.4 Å². The highest BCUT2D eigenvalue weighted by atomic mass is 16.5. The van der Waals surface area contributed by atoms with Gasteiger partial charge in [0.2, 0.25) is 11.7 Å². The average Bonchev–Trinajstić information content (AvgIpc) is 2.96. The second-order valence-electron chi connectivity index (χ2n) is 6.05. The second kappa shape index (κ2) is 5.93. The van der Waals surface area contributed by atoms with E-state index in [1.54, 1.807) is 0 Å². The molecule has 1 aliphatic rings. The van der Waals surface area contributed by atoms with Crippen molar-refractivity contribution < 1.29 is 4.52 Å². The van der Waals surface area contributed by atoms with Crippen LogP contribution in [0.15, 0.2) is 16.7 Å². The maximum Gasteiger partial charge on any atom is 0.230 e.